The lowest BCUT2D eigenvalue weighted by molar-refractivity contribution is -0.167. The molecule has 0 rings (SSSR count). The first kappa shape index (κ1) is 73.8. The SMILES string of the molecule is CC/C=C\C/C=C\C/C=C\C/C=C\C/C=C\C/C=C\C/C=C\CCCCCCCCCCCC(=O)OCC(COC(=O)CCCCCCCC)OC(=O)CCCCCCCCCC/C=C\C/C=C\C/C=C\CCCCCCC. The predicted molar refractivity (Wildman–Crippen MR) is 339 cm³/mol. The molecule has 0 aromatic rings. The number of carbonyl (C=O) groups is 3. The van der Waals surface area contributed by atoms with Crippen molar-refractivity contribution in [3.8, 4) is 0 Å². The van der Waals surface area contributed by atoms with Crippen molar-refractivity contribution in [3.63, 3.8) is 0 Å². The molecule has 0 saturated heterocycles. The third-order valence-corrected chi connectivity index (χ3v) is 13.7. The van der Waals surface area contributed by atoms with Crippen molar-refractivity contribution >= 4 is 17.9 Å². The van der Waals surface area contributed by atoms with E-state index in [1.807, 2.05) is 0 Å². The number of rotatable bonds is 58. The van der Waals surface area contributed by atoms with E-state index in [0.29, 0.717) is 19.3 Å². The lowest BCUT2D eigenvalue weighted by atomic mass is 10.1. The number of ether oxygens (including phenoxy) is 3. The Morgan fingerprint density at radius 1 is 0.269 bits per heavy atom. The van der Waals surface area contributed by atoms with Crippen LogP contribution in [0, 0.1) is 0 Å². The summed E-state index contributed by atoms with van der Waals surface area (Å²) < 4.78 is 16.8. The van der Waals surface area contributed by atoms with Crippen LogP contribution in [-0.4, -0.2) is 37.2 Å². The minimum atomic E-state index is -0.785. The Labute approximate surface area is 482 Å². The summed E-state index contributed by atoms with van der Waals surface area (Å²) in [5.41, 5.74) is 0. The van der Waals surface area contributed by atoms with Crippen LogP contribution in [0.2, 0.25) is 0 Å². The van der Waals surface area contributed by atoms with Crippen molar-refractivity contribution in [1.82, 2.24) is 0 Å². The van der Waals surface area contributed by atoms with E-state index >= 15 is 0 Å². The molecule has 0 aliphatic rings. The first-order valence-corrected chi connectivity index (χ1v) is 32.5. The second-order valence-corrected chi connectivity index (χ2v) is 21.3. The Bertz CT molecular complexity index is 1620. The first-order valence-electron chi connectivity index (χ1n) is 32.5. The summed E-state index contributed by atoms with van der Waals surface area (Å²) in [6.07, 6.45) is 90.9. The van der Waals surface area contributed by atoms with E-state index in [2.05, 4.69) is 142 Å². The van der Waals surface area contributed by atoms with E-state index in [-0.39, 0.29) is 31.1 Å². The summed E-state index contributed by atoms with van der Waals surface area (Å²) in [5.74, 6) is -0.904. The zero-order valence-electron chi connectivity index (χ0n) is 50.9. The summed E-state index contributed by atoms with van der Waals surface area (Å²) >= 11 is 0. The fraction of sp³-hybridized carbons (Fsp3) is 0.681. The molecule has 0 aliphatic heterocycles. The molecular weight excluding hydrogens is 961 g/mol. The largest absolute Gasteiger partial charge is 0.462 e. The van der Waals surface area contributed by atoms with Gasteiger partial charge in [-0.2, -0.15) is 0 Å². The van der Waals surface area contributed by atoms with Gasteiger partial charge in [0.25, 0.3) is 0 Å². The fourth-order valence-corrected chi connectivity index (χ4v) is 8.84. The van der Waals surface area contributed by atoms with Gasteiger partial charge in [0.05, 0.1) is 0 Å². The number of hydrogen-bond acceptors (Lipinski definition) is 6. The molecule has 6 nitrogen and oxygen atoms in total. The third-order valence-electron chi connectivity index (χ3n) is 13.7. The van der Waals surface area contributed by atoms with Crippen LogP contribution in [-0.2, 0) is 28.6 Å². The number of hydrogen-bond donors (Lipinski definition) is 0. The van der Waals surface area contributed by atoms with Gasteiger partial charge in [0.2, 0.25) is 0 Å². The topological polar surface area (TPSA) is 78.9 Å². The van der Waals surface area contributed by atoms with Gasteiger partial charge in [-0.1, -0.05) is 284 Å². The highest BCUT2D eigenvalue weighted by molar-refractivity contribution is 5.71. The highest BCUT2D eigenvalue weighted by atomic mass is 16.6. The third kappa shape index (κ3) is 62.7. The normalized spacial score (nSPS) is 12.9. The summed E-state index contributed by atoms with van der Waals surface area (Å²) in [6, 6.07) is 0. The molecule has 0 radical (unpaired) electrons. The van der Waals surface area contributed by atoms with E-state index in [4.69, 9.17) is 14.2 Å². The molecule has 78 heavy (non-hydrogen) atoms. The molecule has 0 spiro atoms. The molecule has 0 aromatic carbocycles. The van der Waals surface area contributed by atoms with Crippen LogP contribution in [0.25, 0.3) is 0 Å². The smallest absolute Gasteiger partial charge is 0.306 e. The van der Waals surface area contributed by atoms with Crippen LogP contribution < -0.4 is 0 Å². The quantitative estimate of drug-likeness (QED) is 0.0261. The molecule has 0 saturated carbocycles. The standard InChI is InChI=1S/C72H120O6/c1-4-7-10-13-16-18-20-22-24-26-28-30-32-33-34-35-36-37-38-39-41-42-44-46-48-50-52-54-56-59-62-65-71(74)77-68-69(67-76-70(73)64-61-58-15-12-9-6-3)78-72(75)66-63-60-57-55-53-51-49-47-45-43-40-31-29-27-25-23-21-19-17-14-11-8-5-2/h7,10,16,18,21-24,27-30,33-34,36-37,39-41,43,69H,4-6,8-9,11-15,17,19-20,25-26,31-32,35,38,42,44-68H2,1-3H3/b10-7-,18-16-,23-21-,24-22-,29-27-,30-28-,34-33-,37-36-,41-39-,43-40-. The van der Waals surface area contributed by atoms with Crippen molar-refractivity contribution in [2.45, 2.75) is 303 Å². The van der Waals surface area contributed by atoms with Gasteiger partial charge in [0.15, 0.2) is 6.10 Å². The Morgan fingerprint density at radius 2 is 0.500 bits per heavy atom. The maximum Gasteiger partial charge on any atom is 0.306 e. The van der Waals surface area contributed by atoms with Crippen LogP contribution in [0.4, 0.5) is 0 Å². The average Bonchev–Trinajstić information content (AvgIpc) is 3.44. The molecule has 0 aromatic heterocycles. The van der Waals surface area contributed by atoms with Gasteiger partial charge < -0.3 is 14.2 Å². The molecule has 0 heterocycles. The number of esters is 3. The van der Waals surface area contributed by atoms with Gasteiger partial charge in [-0.25, -0.2) is 0 Å². The Morgan fingerprint density at radius 3 is 0.782 bits per heavy atom. The molecule has 0 amide bonds. The number of unbranched alkanes of at least 4 members (excludes halogenated alkanes) is 27. The van der Waals surface area contributed by atoms with Crippen LogP contribution in [0.1, 0.15) is 297 Å². The Hall–Kier alpha value is -4.19. The van der Waals surface area contributed by atoms with E-state index in [1.165, 1.54) is 128 Å². The molecule has 0 N–H and O–H groups in total. The maximum atomic E-state index is 12.8. The van der Waals surface area contributed by atoms with E-state index in [1.54, 1.807) is 0 Å². The van der Waals surface area contributed by atoms with Crippen molar-refractivity contribution < 1.29 is 28.6 Å². The van der Waals surface area contributed by atoms with E-state index < -0.39 is 6.10 Å². The predicted octanol–water partition coefficient (Wildman–Crippen LogP) is 22.4. The highest BCUT2D eigenvalue weighted by Crippen LogP contribution is 2.15. The van der Waals surface area contributed by atoms with Gasteiger partial charge in [-0.05, 0) is 116 Å². The number of carbonyl (C=O) groups excluding carboxylic acids is 3. The molecule has 444 valence electrons. The fourth-order valence-electron chi connectivity index (χ4n) is 8.84. The van der Waals surface area contributed by atoms with E-state index in [0.717, 1.165) is 128 Å². The Kier molecular flexibility index (Phi) is 61.8. The zero-order valence-corrected chi connectivity index (χ0v) is 50.9. The molecular formula is C72H120O6. The van der Waals surface area contributed by atoms with Gasteiger partial charge in [0.1, 0.15) is 13.2 Å². The van der Waals surface area contributed by atoms with E-state index in [9.17, 15) is 14.4 Å². The average molecular weight is 1080 g/mol. The first-order chi connectivity index (χ1) is 38.5. The minimum absolute atomic E-state index is 0.0838. The van der Waals surface area contributed by atoms with Crippen LogP contribution in [0.3, 0.4) is 0 Å². The number of allylic oxidation sites excluding steroid dienone is 20. The minimum Gasteiger partial charge on any atom is -0.462 e. The molecule has 0 fully saturated rings. The molecule has 6 heteroatoms. The molecule has 0 bridgehead atoms. The second-order valence-electron chi connectivity index (χ2n) is 21.3. The second kappa shape index (κ2) is 65.3. The molecule has 0 aliphatic carbocycles. The van der Waals surface area contributed by atoms with Gasteiger partial charge in [-0.15, -0.1) is 0 Å². The van der Waals surface area contributed by atoms with Crippen molar-refractivity contribution in [1.29, 1.82) is 0 Å². The van der Waals surface area contributed by atoms with Crippen molar-refractivity contribution in [2.75, 3.05) is 13.2 Å². The monoisotopic (exact) mass is 1080 g/mol. The lowest BCUT2D eigenvalue weighted by Gasteiger charge is -2.18. The van der Waals surface area contributed by atoms with Crippen LogP contribution >= 0.6 is 0 Å². The lowest BCUT2D eigenvalue weighted by Crippen LogP contribution is -2.30. The Balaban J connectivity index is 4.13. The van der Waals surface area contributed by atoms with Gasteiger partial charge in [-0.3, -0.25) is 14.4 Å². The molecule has 1 atom stereocenters. The van der Waals surface area contributed by atoms with Crippen molar-refractivity contribution in [2.24, 2.45) is 0 Å². The highest BCUT2D eigenvalue weighted by Gasteiger charge is 2.19. The van der Waals surface area contributed by atoms with Crippen LogP contribution in [0.15, 0.2) is 122 Å². The van der Waals surface area contributed by atoms with Gasteiger partial charge in [0, 0.05) is 19.3 Å². The molecule has 1 unspecified atom stereocenters. The summed E-state index contributed by atoms with van der Waals surface area (Å²) in [5, 5.41) is 0. The van der Waals surface area contributed by atoms with Crippen LogP contribution in [0.5, 0.6) is 0 Å². The summed E-state index contributed by atoms with van der Waals surface area (Å²) in [4.78, 5) is 38.0. The summed E-state index contributed by atoms with van der Waals surface area (Å²) in [6.45, 7) is 6.45. The van der Waals surface area contributed by atoms with Gasteiger partial charge >= 0.3 is 17.9 Å². The summed E-state index contributed by atoms with van der Waals surface area (Å²) in [7, 11) is 0. The maximum absolute atomic E-state index is 12.8. The zero-order chi connectivity index (χ0) is 56.4. The van der Waals surface area contributed by atoms with Crippen molar-refractivity contribution in [3.05, 3.63) is 122 Å².